The van der Waals surface area contributed by atoms with Crippen molar-refractivity contribution in [3.8, 4) is 0 Å². The van der Waals surface area contributed by atoms with Crippen molar-refractivity contribution in [1.82, 2.24) is 9.80 Å². The van der Waals surface area contributed by atoms with E-state index in [0.717, 1.165) is 38.4 Å². The normalized spacial score (nSPS) is 33.6. The Morgan fingerprint density at radius 1 is 1.11 bits per heavy atom. The molecule has 2 atom stereocenters. The number of nitrogens with zero attached hydrogens (tertiary/aromatic N) is 2. The molecule has 2 heterocycles. The monoisotopic (exact) mass is 250 g/mol. The molecular weight excluding hydrogens is 224 g/mol. The van der Waals surface area contributed by atoms with E-state index in [1.54, 1.807) is 0 Å². The molecular formula is C15H26N2O. The van der Waals surface area contributed by atoms with E-state index in [1.165, 1.54) is 19.3 Å². The number of rotatable bonds is 2. The molecule has 102 valence electrons. The van der Waals surface area contributed by atoms with E-state index in [0.29, 0.717) is 23.9 Å². The second kappa shape index (κ2) is 4.84. The Morgan fingerprint density at radius 2 is 1.83 bits per heavy atom. The number of hydrogen-bond donors (Lipinski definition) is 0. The van der Waals surface area contributed by atoms with Gasteiger partial charge in [-0.2, -0.15) is 0 Å². The molecule has 0 aromatic heterocycles. The van der Waals surface area contributed by atoms with E-state index in [4.69, 9.17) is 0 Å². The minimum atomic E-state index is 0.319. The molecule has 2 aliphatic heterocycles. The molecule has 3 heteroatoms. The number of hydrogen-bond acceptors (Lipinski definition) is 2. The number of carbonyl (C=O) groups is 1. The van der Waals surface area contributed by atoms with E-state index in [1.807, 2.05) is 0 Å². The molecule has 1 amide bonds. The molecule has 2 bridgehead atoms. The molecule has 18 heavy (non-hydrogen) atoms. The van der Waals surface area contributed by atoms with Crippen LogP contribution in [0.25, 0.3) is 0 Å². The molecule has 1 aliphatic carbocycles. The van der Waals surface area contributed by atoms with Crippen LogP contribution in [0.15, 0.2) is 0 Å². The average molecular weight is 250 g/mol. The highest BCUT2D eigenvalue weighted by molar-refractivity contribution is 5.79. The van der Waals surface area contributed by atoms with E-state index in [9.17, 15) is 4.79 Å². The first-order chi connectivity index (χ1) is 8.65. The number of amides is 1. The predicted octanol–water partition coefficient (Wildman–Crippen LogP) is 2.12. The third kappa shape index (κ3) is 2.18. The van der Waals surface area contributed by atoms with Gasteiger partial charge in [0.1, 0.15) is 0 Å². The first kappa shape index (κ1) is 12.5. The van der Waals surface area contributed by atoms with Crippen LogP contribution in [0.3, 0.4) is 0 Å². The van der Waals surface area contributed by atoms with E-state index < -0.39 is 0 Å². The van der Waals surface area contributed by atoms with Crippen LogP contribution < -0.4 is 0 Å². The maximum atomic E-state index is 12.6. The molecule has 3 nitrogen and oxygen atoms in total. The van der Waals surface area contributed by atoms with E-state index in [-0.39, 0.29) is 0 Å². The van der Waals surface area contributed by atoms with Gasteiger partial charge in [-0.15, -0.1) is 0 Å². The average Bonchev–Trinajstić information content (AvgIpc) is 3.00. The Balaban J connectivity index is 1.55. The molecule has 2 saturated heterocycles. The van der Waals surface area contributed by atoms with Gasteiger partial charge in [-0.1, -0.05) is 0 Å². The van der Waals surface area contributed by atoms with Crippen molar-refractivity contribution < 1.29 is 4.79 Å². The fraction of sp³-hybridized carbons (Fsp3) is 0.933. The molecule has 0 aromatic rings. The van der Waals surface area contributed by atoms with Gasteiger partial charge in [-0.05, 0) is 65.0 Å². The lowest BCUT2D eigenvalue weighted by Gasteiger charge is -2.37. The van der Waals surface area contributed by atoms with Crippen molar-refractivity contribution in [3.63, 3.8) is 0 Å². The zero-order chi connectivity index (χ0) is 12.7. The van der Waals surface area contributed by atoms with Gasteiger partial charge in [-0.3, -0.25) is 4.79 Å². The van der Waals surface area contributed by atoms with Gasteiger partial charge in [0.05, 0.1) is 0 Å². The molecule has 1 saturated carbocycles. The fourth-order valence-electron chi connectivity index (χ4n) is 4.09. The minimum Gasteiger partial charge on any atom is -0.339 e. The molecule has 0 N–H and O–H groups in total. The van der Waals surface area contributed by atoms with Gasteiger partial charge in [0.25, 0.3) is 0 Å². The largest absolute Gasteiger partial charge is 0.339 e. The minimum absolute atomic E-state index is 0.319. The Bertz CT molecular complexity index is 320. The molecule has 2 unspecified atom stereocenters. The van der Waals surface area contributed by atoms with Gasteiger partial charge < -0.3 is 9.80 Å². The maximum absolute atomic E-state index is 12.6. The number of fused-ring (bicyclic) bond motifs is 2. The van der Waals surface area contributed by atoms with Crippen LogP contribution >= 0.6 is 0 Å². The molecule has 0 radical (unpaired) electrons. The summed E-state index contributed by atoms with van der Waals surface area (Å²) in [6, 6.07) is 1.23. The van der Waals surface area contributed by atoms with Crippen LogP contribution in [-0.2, 0) is 4.79 Å². The zero-order valence-corrected chi connectivity index (χ0v) is 11.8. The smallest absolute Gasteiger partial charge is 0.226 e. The molecule has 3 rings (SSSR count). The quantitative estimate of drug-likeness (QED) is 0.749. The summed E-state index contributed by atoms with van der Waals surface area (Å²) in [6.45, 7) is 7.78. The summed E-state index contributed by atoms with van der Waals surface area (Å²) < 4.78 is 0. The molecule has 3 aliphatic rings. The van der Waals surface area contributed by atoms with Crippen molar-refractivity contribution in [2.24, 2.45) is 11.8 Å². The van der Waals surface area contributed by atoms with Crippen molar-refractivity contribution >= 4 is 5.91 Å². The summed E-state index contributed by atoms with van der Waals surface area (Å²) in [5.41, 5.74) is 0. The van der Waals surface area contributed by atoms with Gasteiger partial charge in [0, 0.05) is 24.5 Å². The Hall–Kier alpha value is -0.570. The highest BCUT2D eigenvalue weighted by Gasteiger charge is 2.42. The summed E-state index contributed by atoms with van der Waals surface area (Å²) in [5, 5.41) is 0. The van der Waals surface area contributed by atoms with Crippen LogP contribution in [0.1, 0.15) is 46.0 Å². The zero-order valence-electron chi connectivity index (χ0n) is 11.8. The Morgan fingerprint density at radius 3 is 2.33 bits per heavy atom. The summed E-state index contributed by atoms with van der Waals surface area (Å²) >= 11 is 0. The van der Waals surface area contributed by atoms with Gasteiger partial charge >= 0.3 is 0 Å². The second-order valence-electron chi connectivity index (χ2n) is 6.73. The van der Waals surface area contributed by atoms with Crippen molar-refractivity contribution in [2.45, 2.75) is 58.0 Å². The lowest BCUT2D eigenvalue weighted by atomic mass is 9.93. The van der Waals surface area contributed by atoms with Crippen LogP contribution in [0.4, 0.5) is 0 Å². The van der Waals surface area contributed by atoms with Gasteiger partial charge in [-0.25, -0.2) is 0 Å². The third-order valence-corrected chi connectivity index (χ3v) is 5.30. The topological polar surface area (TPSA) is 23.6 Å². The van der Waals surface area contributed by atoms with Crippen molar-refractivity contribution in [1.29, 1.82) is 0 Å². The number of likely N-dealkylation sites (tertiary alicyclic amines) is 2. The molecule has 3 fully saturated rings. The van der Waals surface area contributed by atoms with Crippen LogP contribution in [0, 0.1) is 11.8 Å². The Kier molecular flexibility index (Phi) is 3.35. The lowest BCUT2D eigenvalue weighted by molar-refractivity contribution is -0.138. The summed E-state index contributed by atoms with van der Waals surface area (Å²) in [6.07, 6.45) is 6.06. The number of carbonyl (C=O) groups excluding carboxylic acids is 1. The molecule has 0 spiro atoms. The highest BCUT2D eigenvalue weighted by atomic mass is 16.2. The van der Waals surface area contributed by atoms with Crippen molar-refractivity contribution in [3.05, 3.63) is 0 Å². The first-order valence-corrected chi connectivity index (χ1v) is 7.69. The maximum Gasteiger partial charge on any atom is 0.226 e. The van der Waals surface area contributed by atoms with Gasteiger partial charge in [0.2, 0.25) is 5.91 Å². The number of piperidine rings is 2. The predicted molar refractivity (Wildman–Crippen MR) is 72.3 cm³/mol. The Labute approximate surface area is 111 Å². The summed E-state index contributed by atoms with van der Waals surface area (Å²) in [5.74, 6) is 1.62. The van der Waals surface area contributed by atoms with Crippen LogP contribution in [-0.4, -0.2) is 47.4 Å². The van der Waals surface area contributed by atoms with Crippen LogP contribution in [0.2, 0.25) is 0 Å². The third-order valence-electron chi connectivity index (χ3n) is 5.30. The fourth-order valence-corrected chi connectivity index (χ4v) is 4.09. The van der Waals surface area contributed by atoms with Crippen molar-refractivity contribution in [2.75, 3.05) is 19.6 Å². The summed E-state index contributed by atoms with van der Waals surface area (Å²) in [4.78, 5) is 17.3. The van der Waals surface area contributed by atoms with E-state index in [2.05, 4.69) is 23.6 Å². The second-order valence-corrected chi connectivity index (χ2v) is 6.73. The molecule has 0 aromatic carbocycles. The standard InChI is InChI=1S/C15H26N2O/c1-11(2)16-7-5-13(6-8-16)15(18)17-10-12-3-4-14(17)9-12/h11-14H,3-10H2,1-2H3. The van der Waals surface area contributed by atoms with Gasteiger partial charge in [0.15, 0.2) is 0 Å². The van der Waals surface area contributed by atoms with E-state index >= 15 is 0 Å². The SMILES string of the molecule is CC(C)N1CCC(C(=O)N2CC3CCC2C3)CC1. The highest BCUT2D eigenvalue weighted by Crippen LogP contribution is 2.38. The first-order valence-electron chi connectivity index (χ1n) is 7.69. The lowest BCUT2D eigenvalue weighted by Crippen LogP contribution is -2.46. The van der Waals surface area contributed by atoms with Crippen LogP contribution in [0.5, 0.6) is 0 Å². The summed E-state index contributed by atoms with van der Waals surface area (Å²) in [7, 11) is 0.